The lowest BCUT2D eigenvalue weighted by atomic mass is 9.77. The summed E-state index contributed by atoms with van der Waals surface area (Å²) in [6, 6.07) is -0.707. The molecule has 0 spiro atoms. The molecule has 0 aliphatic heterocycles. The third-order valence-corrected chi connectivity index (χ3v) is 3.16. The van der Waals surface area contributed by atoms with Gasteiger partial charge in [0.2, 0.25) is 5.91 Å². The predicted molar refractivity (Wildman–Crippen MR) is 61.3 cm³/mol. The van der Waals surface area contributed by atoms with Gasteiger partial charge in [0.25, 0.3) is 0 Å². The van der Waals surface area contributed by atoms with Gasteiger partial charge >= 0.3 is 5.97 Å². The van der Waals surface area contributed by atoms with Gasteiger partial charge in [0, 0.05) is 19.0 Å². The Balaban J connectivity index is 2.48. The minimum atomic E-state index is -0.707. The lowest BCUT2D eigenvalue weighted by Crippen LogP contribution is -2.59. The number of carbonyl (C=O) groups excluding carboxylic acids is 2. The molecule has 1 unspecified atom stereocenters. The molecule has 1 amide bonds. The normalized spacial score (nSPS) is 19.0. The molecule has 0 aromatic carbocycles. The van der Waals surface area contributed by atoms with Gasteiger partial charge in [-0.25, -0.2) is 4.79 Å². The fraction of sp³-hybridized carbons (Fsp3) is 0.818. The number of methoxy groups -OCH3 is 1. The maximum absolute atomic E-state index is 11.4. The molecule has 0 saturated heterocycles. The van der Waals surface area contributed by atoms with Crippen molar-refractivity contribution in [1.82, 2.24) is 10.6 Å². The summed E-state index contributed by atoms with van der Waals surface area (Å²) in [7, 11) is 1.28. The Labute approximate surface area is 101 Å². The Hall–Kier alpha value is -1.14. The van der Waals surface area contributed by atoms with E-state index in [1.165, 1.54) is 14.0 Å². The van der Waals surface area contributed by atoms with E-state index in [1.807, 2.05) is 0 Å². The van der Waals surface area contributed by atoms with Crippen LogP contribution in [0.15, 0.2) is 0 Å². The van der Waals surface area contributed by atoms with Gasteiger partial charge < -0.3 is 20.5 Å². The average molecular weight is 244 g/mol. The molecule has 98 valence electrons. The zero-order chi connectivity index (χ0) is 12.9. The van der Waals surface area contributed by atoms with E-state index in [2.05, 4.69) is 15.4 Å². The summed E-state index contributed by atoms with van der Waals surface area (Å²) in [4.78, 5) is 22.4. The Morgan fingerprint density at radius 2 is 2.12 bits per heavy atom. The highest BCUT2D eigenvalue weighted by atomic mass is 16.5. The Morgan fingerprint density at radius 3 is 2.47 bits per heavy atom. The number of amides is 1. The van der Waals surface area contributed by atoms with E-state index in [4.69, 9.17) is 0 Å². The number of ether oxygens (including phenoxy) is 1. The van der Waals surface area contributed by atoms with Crippen LogP contribution in [0.1, 0.15) is 26.2 Å². The highest BCUT2D eigenvalue weighted by Crippen LogP contribution is 2.30. The second kappa shape index (κ2) is 5.97. The molecule has 1 aliphatic carbocycles. The van der Waals surface area contributed by atoms with Crippen molar-refractivity contribution in [3.05, 3.63) is 0 Å². The Kier molecular flexibility index (Phi) is 4.89. The van der Waals surface area contributed by atoms with Crippen LogP contribution in [0.4, 0.5) is 0 Å². The van der Waals surface area contributed by atoms with Crippen molar-refractivity contribution in [2.75, 3.05) is 20.3 Å². The van der Waals surface area contributed by atoms with Gasteiger partial charge in [-0.3, -0.25) is 4.79 Å². The Morgan fingerprint density at radius 1 is 1.47 bits per heavy atom. The van der Waals surface area contributed by atoms with Crippen LogP contribution >= 0.6 is 0 Å². The average Bonchev–Trinajstić information content (AvgIpc) is 2.25. The van der Waals surface area contributed by atoms with Crippen molar-refractivity contribution in [2.24, 2.45) is 0 Å². The molecule has 1 fully saturated rings. The van der Waals surface area contributed by atoms with E-state index in [0.717, 1.165) is 19.3 Å². The molecule has 6 nitrogen and oxygen atoms in total. The third kappa shape index (κ3) is 3.67. The first-order chi connectivity index (χ1) is 8.03. The first-order valence-corrected chi connectivity index (χ1v) is 5.74. The predicted octanol–water partition coefficient (Wildman–Crippen LogP) is -0.831. The highest BCUT2D eigenvalue weighted by molar-refractivity contribution is 5.83. The molecule has 17 heavy (non-hydrogen) atoms. The second-order valence-corrected chi connectivity index (χ2v) is 4.45. The maximum Gasteiger partial charge on any atom is 0.329 e. The number of nitrogens with one attached hydrogen (secondary N) is 2. The molecule has 0 bridgehead atoms. The largest absolute Gasteiger partial charge is 0.467 e. The zero-order valence-corrected chi connectivity index (χ0v) is 10.3. The number of aliphatic hydroxyl groups excluding tert-OH is 1. The van der Waals surface area contributed by atoms with Gasteiger partial charge in [0.05, 0.1) is 13.7 Å². The first kappa shape index (κ1) is 13.9. The van der Waals surface area contributed by atoms with E-state index in [9.17, 15) is 14.7 Å². The molecule has 0 heterocycles. The Bertz CT molecular complexity index is 284. The molecule has 1 saturated carbocycles. The summed E-state index contributed by atoms with van der Waals surface area (Å²) in [5.41, 5.74) is -0.287. The van der Waals surface area contributed by atoms with Crippen LogP contribution in [-0.2, 0) is 14.3 Å². The quantitative estimate of drug-likeness (QED) is 0.531. The lowest BCUT2D eigenvalue weighted by molar-refractivity contribution is -0.144. The van der Waals surface area contributed by atoms with E-state index < -0.39 is 12.0 Å². The van der Waals surface area contributed by atoms with Crippen molar-refractivity contribution < 1.29 is 19.4 Å². The topological polar surface area (TPSA) is 87.7 Å². The number of rotatable bonds is 6. The van der Waals surface area contributed by atoms with Crippen molar-refractivity contribution >= 4 is 11.9 Å². The van der Waals surface area contributed by atoms with Crippen LogP contribution in [0.25, 0.3) is 0 Å². The number of aliphatic hydroxyl groups is 1. The summed E-state index contributed by atoms with van der Waals surface area (Å²) in [6.45, 7) is 1.66. The molecular formula is C11H20N2O4. The number of hydrogen-bond acceptors (Lipinski definition) is 5. The molecule has 0 aromatic rings. The van der Waals surface area contributed by atoms with Crippen molar-refractivity contribution in [3.63, 3.8) is 0 Å². The fourth-order valence-electron chi connectivity index (χ4n) is 1.89. The summed E-state index contributed by atoms with van der Waals surface area (Å²) in [5, 5.41) is 14.9. The van der Waals surface area contributed by atoms with Gasteiger partial charge in [0.15, 0.2) is 0 Å². The molecule has 0 radical (unpaired) electrons. The van der Waals surface area contributed by atoms with E-state index in [1.54, 1.807) is 0 Å². The van der Waals surface area contributed by atoms with Gasteiger partial charge in [-0.1, -0.05) is 0 Å². The van der Waals surface area contributed by atoms with Gasteiger partial charge in [0.1, 0.15) is 6.04 Å². The van der Waals surface area contributed by atoms with Crippen LogP contribution in [0.2, 0.25) is 0 Å². The van der Waals surface area contributed by atoms with Crippen molar-refractivity contribution in [3.8, 4) is 0 Å². The smallest absolute Gasteiger partial charge is 0.329 e. The van der Waals surface area contributed by atoms with Crippen LogP contribution in [-0.4, -0.2) is 48.8 Å². The molecule has 6 heteroatoms. The van der Waals surface area contributed by atoms with Crippen LogP contribution in [0.5, 0.6) is 0 Å². The van der Waals surface area contributed by atoms with E-state index in [-0.39, 0.29) is 24.6 Å². The number of carbonyl (C=O) groups is 2. The number of esters is 1. The van der Waals surface area contributed by atoms with E-state index in [0.29, 0.717) is 0 Å². The minimum Gasteiger partial charge on any atom is -0.467 e. The minimum absolute atomic E-state index is 0.0426. The molecule has 0 aromatic heterocycles. The summed E-state index contributed by atoms with van der Waals surface area (Å²) < 4.78 is 4.61. The maximum atomic E-state index is 11.4. The van der Waals surface area contributed by atoms with Gasteiger partial charge in [-0.2, -0.15) is 0 Å². The van der Waals surface area contributed by atoms with Crippen molar-refractivity contribution in [1.29, 1.82) is 0 Å². The van der Waals surface area contributed by atoms with Crippen LogP contribution in [0.3, 0.4) is 0 Å². The van der Waals surface area contributed by atoms with Gasteiger partial charge in [-0.05, 0) is 19.3 Å². The van der Waals surface area contributed by atoms with Crippen molar-refractivity contribution in [2.45, 2.75) is 37.8 Å². The summed E-state index contributed by atoms with van der Waals surface area (Å²) >= 11 is 0. The lowest BCUT2D eigenvalue weighted by Gasteiger charge is -2.42. The van der Waals surface area contributed by atoms with E-state index >= 15 is 0 Å². The third-order valence-electron chi connectivity index (χ3n) is 3.16. The number of hydrogen-bond donors (Lipinski definition) is 3. The highest BCUT2D eigenvalue weighted by Gasteiger charge is 2.37. The van der Waals surface area contributed by atoms with Gasteiger partial charge in [-0.15, -0.1) is 0 Å². The molecule has 1 aliphatic rings. The SMILES string of the molecule is COC(=O)C(CNC1(CO)CCC1)NC(C)=O. The van der Waals surface area contributed by atoms with Crippen LogP contribution in [0, 0.1) is 0 Å². The summed E-state index contributed by atoms with van der Waals surface area (Å²) in [5.74, 6) is -0.769. The standard InChI is InChI=1S/C11H20N2O4/c1-8(15)13-9(10(16)17-2)6-12-11(7-14)4-3-5-11/h9,12,14H,3-7H2,1-2H3,(H,13,15). The molecule has 3 N–H and O–H groups in total. The molecule has 1 rings (SSSR count). The summed E-state index contributed by atoms with van der Waals surface area (Å²) in [6.07, 6.45) is 2.84. The van der Waals surface area contributed by atoms with Crippen LogP contribution < -0.4 is 10.6 Å². The molecule has 1 atom stereocenters. The second-order valence-electron chi connectivity index (χ2n) is 4.45. The first-order valence-electron chi connectivity index (χ1n) is 5.74. The zero-order valence-electron chi connectivity index (χ0n) is 10.3. The molecular weight excluding hydrogens is 224 g/mol. The fourth-order valence-corrected chi connectivity index (χ4v) is 1.89. The monoisotopic (exact) mass is 244 g/mol.